The van der Waals surface area contributed by atoms with Gasteiger partial charge in [0.2, 0.25) is 0 Å². The molecule has 0 atom stereocenters. The van der Waals surface area contributed by atoms with Crippen LogP contribution in [-0.2, 0) is 0 Å². The van der Waals surface area contributed by atoms with Gasteiger partial charge in [-0.15, -0.1) is 10.2 Å². The first-order valence-electron chi connectivity index (χ1n) is 4.70. The molecule has 6 heteroatoms. The highest BCUT2D eigenvalue weighted by Gasteiger charge is 2.08. The van der Waals surface area contributed by atoms with Crippen LogP contribution in [0.25, 0.3) is 0 Å². The standard InChI is InChI=1S/C11H7N3OS2/c1-7-13-14-11(16-7)17-10-3-2-8(6-15)4-9(10)5-12/h2-4,6H,1H3. The molecule has 0 aliphatic rings. The number of aromatic nitrogens is 2. The summed E-state index contributed by atoms with van der Waals surface area (Å²) in [5, 5.41) is 17.8. The van der Waals surface area contributed by atoms with Crippen LogP contribution in [0.4, 0.5) is 0 Å². The molecule has 0 unspecified atom stereocenters. The summed E-state index contributed by atoms with van der Waals surface area (Å²) < 4.78 is 0.790. The van der Waals surface area contributed by atoms with Gasteiger partial charge < -0.3 is 0 Å². The molecule has 1 aromatic heterocycles. The fourth-order valence-corrected chi connectivity index (χ4v) is 3.05. The van der Waals surface area contributed by atoms with Gasteiger partial charge in [-0.25, -0.2) is 0 Å². The summed E-state index contributed by atoms with van der Waals surface area (Å²) in [6.45, 7) is 1.88. The third kappa shape index (κ3) is 2.70. The van der Waals surface area contributed by atoms with E-state index >= 15 is 0 Å². The van der Waals surface area contributed by atoms with Crippen LogP contribution in [0.1, 0.15) is 20.9 Å². The Balaban J connectivity index is 2.33. The van der Waals surface area contributed by atoms with Gasteiger partial charge in [-0.2, -0.15) is 5.26 Å². The molecule has 2 aromatic rings. The number of carbonyl (C=O) groups is 1. The second-order valence-electron chi connectivity index (χ2n) is 3.17. The van der Waals surface area contributed by atoms with Crippen LogP contribution in [0, 0.1) is 18.3 Å². The van der Waals surface area contributed by atoms with E-state index in [0.717, 1.165) is 20.5 Å². The molecular weight excluding hydrogens is 254 g/mol. The van der Waals surface area contributed by atoms with Gasteiger partial charge in [0.15, 0.2) is 4.34 Å². The van der Waals surface area contributed by atoms with Gasteiger partial charge in [-0.3, -0.25) is 4.79 Å². The van der Waals surface area contributed by atoms with Crippen LogP contribution in [0.5, 0.6) is 0 Å². The fraction of sp³-hybridized carbons (Fsp3) is 0.0909. The predicted octanol–water partition coefficient (Wildman–Crippen LogP) is 2.68. The van der Waals surface area contributed by atoms with Crippen LogP contribution in [0.15, 0.2) is 27.4 Å². The van der Waals surface area contributed by atoms with Gasteiger partial charge in [-0.05, 0) is 19.1 Å². The van der Waals surface area contributed by atoms with Crippen LogP contribution in [-0.4, -0.2) is 16.5 Å². The topological polar surface area (TPSA) is 66.6 Å². The Hall–Kier alpha value is -1.71. The van der Waals surface area contributed by atoms with Crippen molar-refractivity contribution in [3.8, 4) is 6.07 Å². The zero-order valence-corrected chi connectivity index (χ0v) is 10.5. The van der Waals surface area contributed by atoms with Crippen molar-refractivity contribution in [3.05, 3.63) is 34.3 Å². The minimum Gasteiger partial charge on any atom is -0.298 e. The van der Waals surface area contributed by atoms with Gasteiger partial charge in [0.05, 0.1) is 5.56 Å². The number of hydrogen-bond donors (Lipinski definition) is 0. The Kier molecular flexibility index (Phi) is 3.52. The maximum absolute atomic E-state index is 10.6. The summed E-state index contributed by atoms with van der Waals surface area (Å²) >= 11 is 2.86. The maximum Gasteiger partial charge on any atom is 0.179 e. The lowest BCUT2D eigenvalue weighted by Gasteiger charge is -2.00. The molecule has 0 N–H and O–H groups in total. The molecule has 0 bridgehead atoms. The number of hydrogen-bond acceptors (Lipinski definition) is 6. The summed E-state index contributed by atoms with van der Waals surface area (Å²) in [5.41, 5.74) is 0.979. The Morgan fingerprint density at radius 1 is 1.47 bits per heavy atom. The zero-order chi connectivity index (χ0) is 12.3. The molecule has 0 spiro atoms. The Bertz CT molecular complexity index is 601. The van der Waals surface area contributed by atoms with Crippen molar-refractivity contribution in [2.75, 3.05) is 0 Å². The van der Waals surface area contributed by atoms with E-state index in [1.54, 1.807) is 18.2 Å². The molecule has 0 amide bonds. The Morgan fingerprint density at radius 2 is 2.29 bits per heavy atom. The van der Waals surface area contributed by atoms with E-state index < -0.39 is 0 Å². The lowest BCUT2D eigenvalue weighted by Crippen LogP contribution is -1.86. The molecule has 1 heterocycles. The number of aryl methyl sites for hydroxylation is 1. The van der Waals surface area contributed by atoms with E-state index in [0.29, 0.717) is 11.1 Å². The molecule has 17 heavy (non-hydrogen) atoms. The minimum atomic E-state index is 0.479. The summed E-state index contributed by atoms with van der Waals surface area (Å²) in [7, 11) is 0. The zero-order valence-electron chi connectivity index (χ0n) is 8.88. The molecule has 0 saturated carbocycles. The number of carbonyl (C=O) groups excluding carboxylic acids is 1. The van der Waals surface area contributed by atoms with Crippen molar-refractivity contribution >= 4 is 29.4 Å². The first-order chi connectivity index (χ1) is 8.22. The molecule has 0 radical (unpaired) electrons. The van der Waals surface area contributed by atoms with E-state index in [1.165, 1.54) is 23.1 Å². The number of nitriles is 1. The first kappa shape index (κ1) is 11.8. The van der Waals surface area contributed by atoms with Gasteiger partial charge in [-0.1, -0.05) is 29.2 Å². The van der Waals surface area contributed by atoms with Gasteiger partial charge in [0.25, 0.3) is 0 Å². The molecule has 4 nitrogen and oxygen atoms in total. The Morgan fingerprint density at radius 3 is 2.88 bits per heavy atom. The SMILES string of the molecule is Cc1nnc(Sc2ccc(C=O)cc2C#N)s1. The number of rotatable bonds is 3. The van der Waals surface area contributed by atoms with Crippen LogP contribution < -0.4 is 0 Å². The normalized spacial score (nSPS) is 9.88. The van der Waals surface area contributed by atoms with E-state index in [-0.39, 0.29) is 0 Å². The predicted molar refractivity (Wildman–Crippen MR) is 65.3 cm³/mol. The van der Waals surface area contributed by atoms with Crippen molar-refractivity contribution in [3.63, 3.8) is 0 Å². The molecule has 0 aliphatic carbocycles. The molecule has 0 saturated heterocycles. The third-order valence-electron chi connectivity index (χ3n) is 1.96. The lowest BCUT2D eigenvalue weighted by atomic mass is 10.1. The maximum atomic E-state index is 10.6. The Labute approximate surface area is 106 Å². The summed E-state index contributed by atoms with van der Waals surface area (Å²) in [6, 6.07) is 7.08. The highest BCUT2D eigenvalue weighted by molar-refractivity contribution is 8.01. The summed E-state index contributed by atoms with van der Waals surface area (Å²) in [4.78, 5) is 11.4. The van der Waals surface area contributed by atoms with Crippen molar-refractivity contribution in [1.29, 1.82) is 5.26 Å². The third-order valence-corrected chi connectivity index (χ3v) is 3.93. The van der Waals surface area contributed by atoms with E-state index in [2.05, 4.69) is 16.3 Å². The monoisotopic (exact) mass is 261 g/mol. The van der Waals surface area contributed by atoms with E-state index in [1.807, 2.05) is 6.92 Å². The quantitative estimate of drug-likeness (QED) is 0.795. The summed E-state index contributed by atoms with van der Waals surface area (Å²) in [5.74, 6) is 0. The smallest absolute Gasteiger partial charge is 0.179 e. The molecule has 0 aliphatic heterocycles. The lowest BCUT2D eigenvalue weighted by molar-refractivity contribution is 0.112. The van der Waals surface area contributed by atoms with E-state index in [9.17, 15) is 4.79 Å². The van der Waals surface area contributed by atoms with Crippen molar-refractivity contribution in [1.82, 2.24) is 10.2 Å². The average molecular weight is 261 g/mol. The van der Waals surface area contributed by atoms with Crippen LogP contribution in [0.2, 0.25) is 0 Å². The van der Waals surface area contributed by atoms with Gasteiger partial charge in [0.1, 0.15) is 17.4 Å². The van der Waals surface area contributed by atoms with Gasteiger partial charge >= 0.3 is 0 Å². The molecule has 84 valence electrons. The average Bonchev–Trinajstić information content (AvgIpc) is 2.75. The van der Waals surface area contributed by atoms with Gasteiger partial charge in [0, 0.05) is 10.5 Å². The highest BCUT2D eigenvalue weighted by atomic mass is 32.2. The second kappa shape index (κ2) is 5.08. The molecule has 0 fully saturated rings. The minimum absolute atomic E-state index is 0.479. The van der Waals surface area contributed by atoms with Crippen LogP contribution >= 0.6 is 23.1 Å². The molecule has 2 rings (SSSR count). The highest BCUT2D eigenvalue weighted by Crippen LogP contribution is 2.32. The largest absolute Gasteiger partial charge is 0.298 e. The number of benzene rings is 1. The molecule has 1 aromatic carbocycles. The fourth-order valence-electron chi connectivity index (χ4n) is 1.21. The summed E-state index contributed by atoms with van der Waals surface area (Å²) in [6.07, 6.45) is 0.727. The van der Waals surface area contributed by atoms with Crippen molar-refractivity contribution in [2.45, 2.75) is 16.2 Å². The second-order valence-corrected chi connectivity index (χ2v) is 5.65. The molecular formula is C11H7N3OS2. The number of aldehydes is 1. The van der Waals surface area contributed by atoms with Crippen LogP contribution in [0.3, 0.4) is 0 Å². The van der Waals surface area contributed by atoms with Crippen molar-refractivity contribution < 1.29 is 4.79 Å². The number of nitrogens with zero attached hydrogens (tertiary/aromatic N) is 3. The van der Waals surface area contributed by atoms with Crippen molar-refractivity contribution in [2.24, 2.45) is 0 Å². The van der Waals surface area contributed by atoms with E-state index in [4.69, 9.17) is 5.26 Å². The first-order valence-corrected chi connectivity index (χ1v) is 6.33.